The minimum atomic E-state index is 1.11. The standard InChI is InChI=1S/2C42H31N.C30H23N/c1-5-13-32(14-6-1)35-21-26-39(27-22-35)43(40-28-23-36(24-29-40)33-15-7-2-8-16-33)42-30-25-38(34-17-9-3-10-18-34)31-41(42)37-19-11-4-12-20-37;1-5-13-32(14-6-1)34-21-25-38(26-22-34)43(39-27-23-35(24-28-39)33-15-7-2-8-16-33)40-29-30-41(36-17-9-3-10-18-36)42(31-40)37-19-11-4-12-20-37;1-4-10-24(11-5-1)26-16-20-29(21-17-26)31(28-14-8-3-9-15-28)30-22-18-27(19-23-30)25-12-6-2-7-13-25/h2*1-31H;1-23H. The van der Waals surface area contributed by atoms with Crippen LogP contribution >= 0.6 is 0 Å². The van der Waals surface area contributed by atoms with Gasteiger partial charge in [-0.15, -0.1) is 0 Å². The zero-order valence-corrected chi connectivity index (χ0v) is 64.9. The van der Waals surface area contributed by atoms with Crippen LogP contribution in [0.3, 0.4) is 0 Å². The summed E-state index contributed by atoms with van der Waals surface area (Å²) in [6, 6.07) is 183. The largest absolute Gasteiger partial charge is 0.311 e. The van der Waals surface area contributed by atoms with Gasteiger partial charge in [0, 0.05) is 51.1 Å². The maximum atomic E-state index is 2.38. The first-order valence-corrected chi connectivity index (χ1v) is 39.9. The van der Waals surface area contributed by atoms with E-state index in [1.165, 1.54) is 111 Å². The van der Waals surface area contributed by atoms with Crippen molar-refractivity contribution in [3.63, 3.8) is 0 Å². The topological polar surface area (TPSA) is 9.72 Å². The summed E-state index contributed by atoms with van der Waals surface area (Å²) in [6.07, 6.45) is 0. The first-order chi connectivity index (χ1) is 58.0. The van der Waals surface area contributed by atoms with E-state index in [1.807, 2.05) is 12.1 Å². The normalized spacial score (nSPS) is 10.7. The first-order valence-electron chi connectivity index (χ1n) is 39.9. The average Bonchev–Trinajstić information content (AvgIpc) is 0.777. The van der Waals surface area contributed by atoms with Crippen LogP contribution in [0.15, 0.2) is 516 Å². The molecule has 0 saturated carbocycles. The molecule has 0 saturated heterocycles. The maximum Gasteiger partial charge on any atom is 0.0540 e. The Bertz CT molecular complexity index is 6040. The Kier molecular flexibility index (Phi) is 23.1. The molecule has 117 heavy (non-hydrogen) atoms. The lowest BCUT2D eigenvalue weighted by Crippen LogP contribution is -2.11. The molecule has 0 unspecified atom stereocenters. The smallest absolute Gasteiger partial charge is 0.0540 e. The van der Waals surface area contributed by atoms with E-state index >= 15 is 0 Å². The van der Waals surface area contributed by atoms with E-state index in [-0.39, 0.29) is 0 Å². The number of rotatable bonds is 19. The third kappa shape index (κ3) is 17.8. The highest BCUT2D eigenvalue weighted by molar-refractivity contribution is 5.93. The third-order valence-electron chi connectivity index (χ3n) is 21.3. The first kappa shape index (κ1) is 74.3. The fraction of sp³-hybridized carbons (Fsp3) is 0. The summed E-state index contributed by atoms with van der Waals surface area (Å²) in [7, 11) is 0. The van der Waals surface area contributed by atoms with E-state index in [9.17, 15) is 0 Å². The molecule has 0 heterocycles. The van der Waals surface area contributed by atoms with Crippen molar-refractivity contribution in [2.75, 3.05) is 14.7 Å². The summed E-state index contributed by atoms with van der Waals surface area (Å²) >= 11 is 0. The molecular weight excluding hydrogens is 1410 g/mol. The highest BCUT2D eigenvalue weighted by Gasteiger charge is 2.22. The van der Waals surface area contributed by atoms with Gasteiger partial charge in [0.05, 0.1) is 5.69 Å². The van der Waals surface area contributed by atoms with Crippen molar-refractivity contribution in [1.29, 1.82) is 0 Å². The van der Waals surface area contributed by atoms with E-state index in [1.54, 1.807) is 0 Å². The minimum Gasteiger partial charge on any atom is -0.311 e. The molecule has 19 aromatic rings. The molecule has 3 heteroatoms. The van der Waals surface area contributed by atoms with Gasteiger partial charge in [-0.05, 0) is 215 Å². The Hall–Kier alpha value is -15.4. The van der Waals surface area contributed by atoms with Crippen LogP contribution in [0.4, 0.5) is 51.2 Å². The predicted octanol–water partition coefficient (Wildman–Crippen LogP) is 32.1. The van der Waals surface area contributed by atoms with Crippen LogP contribution in [-0.2, 0) is 0 Å². The van der Waals surface area contributed by atoms with Gasteiger partial charge in [-0.25, -0.2) is 0 Å². The molecule has 0 aliphatic rings. The molecule has 0 bridgehead atoms. The van der Waals surface area contributed by atoms with Crippen molar-refractivity contribution in [3.05, 3.63) is 516 Å². The van der Waals surface area contributed by atoms with E-state index in [0.717, 1.165) is 51.2 Å². The molecule has 556 valence electrons. The van der Waals surface area contributed by atoms with Gasteiger partial charge >= 0.3 is 0 Å². The molecule has 19 aromatic carbocycles. The van der Waals surface area contributed by atoms with Crippen molar-refractivity contribution in [2.45, 2.75) is 0 Å². The number of hydrogen-bond acceptors (Lipinski definition) is 3. The van der Waals surface area contributed by atoms with Crippen molar-refractivity contribution in [1.82, 2.24) is 0 Å². The molecule has 0 amide bonds. The number of nitrogens with zero attached hydrogens (tertiary/aromatic N) is 3. The lowest BCUT2D eigenvalue weighted by atomic mass is 9.93. The van der Waals surface area contributed by atoms with Gasteiger partial charge in [0.1, 0.15) is 0 Å². The number of para-hydroxylation sites is 1. The van der Waals surface area contributed by atoms with Crippen LogP contribution in [0, 0.1) is 0 Å². The molecule has 0 N–H and O–H groups in total. The van der Waals surface area contributed by atoms with Gasteiger partial charge in [-0.3, -0.25) is 0 Å². The molecule has 19 rings (SSSR count). The minimum absolute atomic E-state index is 1.11. The second-order valence-electron chi connectivity index (χ2n) is 28.7. The molecule has 0 aliphatic carbocycles. The van der Waals surface area contributed by atoms with Crippen LogP contribution < -0.4 is 14.7 Å². The number of anilines is 9. The highest BCUT2D eigenvalue weighted by atomic mass is 15.2. The van der Waals surface area contributed by atoms with Crippen LogP contribution in [0.25, 0.3) is 111 Å². The van der Waals surface area contributed by atoms with E-state index in [2.05, 4.69) is 518 Å². The van der Waals surface area contributed by atoms with Gasteiger partial charge in [0.25, 0.3) is 0 Å². The zero-order chi connectivity index (χ0) is 78.6. The molecule has 0 fully saturated rings. The summed E-state index contributed by atoms with van der Waals surface area (Å²) in [5.74, 6) is 0. The monoisotopic (exact) mass is 1500 g/mol. The molecular formula is C114H85N3. The molecule has 0 atom stereocenters. The third-order valence-corrected chi connectivity index (χ3v) is 21.3. The fourth-order valence-electron chi connectivity index (χ4n) is 15.3. The second kappa shape index (κ2) is 36.4. The summed E-state index contributed by atoms with van der Waals surface area (Å²) in [5, 5.41) is 0. The van der Waals surface area contributed by atoms with Crippen LogP contribution in [-0.4, -0.2) is 0 Å². The van der Waals surface area contributed by atoms with Crippen molar-refractivity contribution in [3.8, 4) is 111 Å². The maximum absolute atomic E-state index is 2.38. The van der Waals surface area contributed by atoms with Crippen molar-refractivity contribution in [2.24, 2.45) is 0 Å². The van der Waals surface area contributed by atoms with Crippen LogP contribution in [0.2, 0.25) is 0 Å². The molecule has 0 radical (unpaired) electrons. The van der Waals surface area contributed by atoms with E-state index in [4.69, 9.17) is 0 Å². The van der Waals surface area contributed by atoms with Gasteiger partial charge in [-0.2, -0.15) is 0 Å². The second-order valence-corrected chi connectivity index (χ2v) is 28.7. The van der Waals surface area contributed by atoms with Gasteiger partial charge in [0.2, 0.25) is 0 Å². The highest BCUT2D eigenvalue weighted by Crippen LogP contribution is 2.46. The van der Waals surface area contributed by atoms with E-state index < -0.39 is 0 Å². The average molecular weight is 1500 g/mol. The summed E-state index contributed by atoms with van der Waals surface area (Å²) < 4.78 is 0. The quantitative estimate of drug-likeness (QED) is 0.0799. The number of hydrogen-bond donors (Lipinski definition) is 0. The van der Waals surface area contributed by atoms with Crippen LogP contribution in [0.1, 0.15) is 0 Å². The lowest BCUT2D eigenvalue weighted by Gasteiger charge is -2.29. The Morgan fingerprint density at radius 1 is 0.0940 bits per heavy atom. The van der Waals surface area contributed by atoms with E-state index in [0.29, 0.717) is 0 Å². The Morgan fingerprint density at radius 3 is 0.547 bits per heavy atom. The molecule has 0 aromatic heterocycles. The Labute approximate surface area is 688 Å². The number of benzene rings is 19. The SMILES string of the molecule is c1ccc(-c2ccc(N(c3ccc(-c4ccccc4)cc3)c3ccc(-c4ccccc4)c(-c4ccccc4)c3)cc2)cc1.c1ccc(-c2ccc(N(c3ccc(-c4ccccc4)cc3)c3ccc(-c4ccccc4)cc3-c3ccccc3)cc2)cc1.c1ccc(-c2ccc(N(c3ccccc3)c3ccc(-c4ccccc4)cc3)cc2)cc1. The summed E-state index contributed by atoms with van der Waals surface area (Å²) in [4.78, 5) is 7.02. The molecule has 0 spiro atoms. The van der Waals surface area contributed by atoms with Crippen LogP contribution in [0.5, 0.6) is 0 Å². The van der Waals surface area contributed by atoms with Crippen molar-refractivity contribution < 1.29 is 0 Å². The fourth-order valence-corrected chi connectivity index (χ4v) is 15.3. The predicted molar refractivity (Wildman–Crippen MR) is 498 cm³/mol. The van der Waals surface area contributed by atoms with Gasteiger partial charge < -0.3 is 14.7 Å². The molecule has 0 aliphatic heterocycles. The zero-order valence-electron chi connectivity index (χ0n) is 64.9. The summed E-state index contributed by atoms with van der Waals surface area (Å²) in [6.45, 7) is 0. The van der Waals surface area contributed by atoms with Crippen molar-refractivity contribution >= 4 is 51.2 Å². The molecule has 3 nitrogen and oxygen atoms in total. The lowest BCUT2D eigenvalue weighted by molar-refractivity contribution is 1.28. The summed E-state index contributed by atoms with van der Waals surface area (Å²) in [5.41, 5.74) is 34.2. The van der Waals surface area contributed by atoms with Gasteiger partial charge in [0.15, 0.2) is 0 Å². The Balaban J connectivity index is 0.000000128. The Morgan fingerprint density at radius 2 is 0.274 bits per heavy atom. The van der Waals surface area contributed by atoms with Gasteiger partial charge in [-0.1, -0.05) is 406 Å².